The summed E-state index contributed by atoms with van der Waals surface area (Å²) in [6.07, 6.45) is 13.7. The smallest absolute Gasteiger partial charge is 0.0462 e. The first-order chi connectivity index (χ1) is 8.41. The summed E-state index contributed by atoms with van der Waals surface area (Å²) in [5, 5.41) is 3.50. The molecule has 0 spiro atoms. The van der Waals surface area contributed by atoms with E-state index in [0.717, 1.165) is 13.2 Å². The molecule has 0 aliphatic heterocycles. The first-order valence-electron chi connectivity index (χ1n) is 7.61. The molecular weight excluding hydrogens is 210 g/mol. The fourth-order valence-corrected chi connectivity index (χ4v) is 2.01. The number of hydrogen-bond acceptors (Lipinski definition) is 2. The summed E-state index contributed by atoms with van der Waals surface area (Å²) < 4.78 is 5.01. The zero-order chi connectivity index (χ0) is 12.6. The zero-order valence-electron chi connectivity index (χ0n) is 12.1. The second-order valence-corrected chi connectivity index (χ2v) is 4.92. The van der Waals surface area contributed by atoms with Crippen LogP contribution in [0.25, 0.3) is 0 Å². The van der Waals surface area contributed by atoms with Gasteiger partial charge in [-0.1, -0.05) is 51.9 Å². The minimum Gasteiger partial charge on any atom is -0.385 e. The monoisotopic (exact) mass is 243 g/mol. The molecule has 0 radical (unpaired) electrons. The van der Waals surface area contributed by atoms with E-state index in [1.165, 1.54) is 70.8 Å². The molecule has 0 aliphatic rings. The molecule has 2 nitrogen and oxygen atoms in total. The maximum absolute atomic E-state index is 5.01. The molecule has 0 atom stereocenters. The van der Waals surface area contributed by atoms with Crippen molar-refractivity contribution in [2.45, 2.75) is 71.1 Å². The summed E-state index contributed by atoms with van der Waals surface area (Å²) >= 11 is 0. The molecule has 0 aromatic rings. The van der Waals surface area contributed by atoms with Gasteiger partial charge in [0.05, 0.1) is 0 Å². The number of rotatable bonds is 14. The summed E-state index contributed by atoms with van der Waals surface area (Å²) in [4.78, 5) is 0. The number of unbranched alkanes of at least 4 members (excludes halogenated alkanes) is 8. The van der Waals surface area contributed by atoms with Crippen LogP contribution in [0.2, 0.25) is 0 Å². The van der Waals surface area contributed by atoms with Crippen LogP contribution in [-0.4, -0.2) is 26.8 Å². The van der Waals surface area contributed by atoms with Crippen LogP contribution in [0.15, 0.2) is 0 Å². The van der Waals surface area contributed by atoms with E-state index >= 15 is 0 Å². The van der Waals surface area contributed by atoms with E-state index in [1.54, 1.807) is 7.11 Å². The Hall–Kier alpha value is -0.0800. The highest BCUT2D eigenvalue weighted by Gasteiger charge is 1.92. The Labute approximate surface area is 109 Å². The Morgan fingerprint density at radius 3 is 1.82 bits per heavy atom. The van der Waals surface area contributed by atoms with Gasteiger partial charge in [0.15, 0.2) is 0 Å². The number of methoxy groups -OCH3 is 1. The van der Waals surface area contributed by atoms with Gasteiger partial charge in [-0.25, -0.2) is 0 Å². The number of nitrogens with one attached hydrogen (secondary N) is 1. The lowest BCUT2D eigenvalue weighted by molar-refractivity contribution is 0.192. The molecule has 0 rings (SSSR count). The standard InChI is InChI=1S/C15H33NO/c1-3-4-5-6-7-8-9-10-13-16-14-11-12-15-17-2/h16H,3-15H2,1-2H3. The van der Waals surface area contributed by atoms with Crippen molar-refractivity contribution in [2.75, 3.05) is 26.8 Å². The van der Waals surface area contributed by atoms with Crippen molar-refractivity contribution >= 4 is 0 Å². The average Bonchev–Trinajstić information content (AvgIpc) is 2.35. The van der Waals surface area contributed by atoms with Crippen LogP contribution in [0.4, 0.5) is 0 Å². The minimum atomic E-state index is 0.902. The van der Waals surface area contributed by atoms with Gasteiger partial charge in [0.2, 0.25) is 0 Å². The molecular formula is C15H33NO. The van der Waals surface area contributed by atoms with E-state index in [2.05, 4.69) is 12.2 Å². The van der Waals surface area contributed by atoms with Gasteiger partial charge < -0.3 is 10.1 Å². The predicted octanol–water partition coefficient (Wildman–Crippen LogP) is 4.14. The average molecular weight is 243 g/mol. The van der Waals surface area contributed by atoms with Crippen molar-refractivity contribution in [3.63, 3.8) is 0 Å². The highest BCUT2D eigenvalue weighted by Crippen LogP contribution is 2.07. The molecule has 0 saturated carbocycles. The molecule has 0 amide bonds. The quantitative estimate of drug-likeness (QED) is 0.463. The first kappa shape index (κ1) is 16.9. The van der Waals surface area contributed by atoms with Gasteiger partial charge in [-0.2, -0.15) is 0 Å². The topological polar surface area (TPSA) is 21.3 Å². The molecule has 0 aromatic heterocycles. The third-order valence-corrected chi connectivity index (χ3v) is 3.16. The molecule has 0 saturated heterocycles. The molecule has 0 fully saturated rings. The lowest BCUT2D eigenvalue weighted by atomic mass is 10.1. The lowest BCUT2D eigenvalue weighted by Crippen LogP contribution is -2.16. The maximum atomic E-state index is 5.01. The highest BCUT2D eigenvalue weighted by atomic mass is 16.5. The van der Waals surface area contributed by atoms with Crippen LogP contribution in [-0.2, 0) is 4.74 Å². The molecule has 0 aliphatic carbocycles. The van der Waals surface area contributed by atoms with Crippen molar-refractivity contribution in [2.24, 2.45) is 0 Å². The van der Waals surface area contributed by atoms with Gasteiger partial charge in [0, 0.05) is 13.7 Å². The van der Waals surface area contributed by atoms with Gasteiger partial charge in [-0.05, 0) is 32.4 Å². The van der Waals surface area contributed by atoms with E-state index in [9.17, 15) is 0 Å². The van der Waals surface area contributed by atoms with Crippen LogP contribution >= 0.6 is 0 Å². The van der Waals surface area contributed by atoms with Gasteiger partial charge in [-0.3, -0.25) is 0 Å². The Kier molecular flexibility index (Phi) is 15.8. The summed E-state index contributed by atoms with van der Waals surface area (Å²) in [5.41, 5.74) is 0. The molecule has 17 heavy (non-hydrogen) atoms. The Morgan fingerprint density at radius 2 is 1.24 bits per heavy atom. The van der Waals surface area contributed by atoms with Crippen molar-refractivity contribution in [3.05, 3.63) is 0 Å². The van der Waals surface area contributed by atoms with E-state index in [-0.39, 0.29) is 0 Å². The van der Waals surface area contributed by atoms with Gasteiger partial charge >= 0.3 is 0 Å². The fourth-order valence-electron chi connectivity index (χ4n) is 2.01. The third-order valence-electron chi connectivity index (χ3n) is 3.16. The van der Waals surface area contributed by atoms with Gasteiger partial charge in [0.1, 0.15) is 0 Å². The van der Waals surface area contributed by atoms with Crippen LogP contribution < -0.4 is 5.32 Å². The number of ether oxygens (including phenoxy) is 1. The molecule has 2 heteroatoms. The van der Waals surface area contributed by atoms with Crippen molar-refractivity contribution in [3.8, 4) is 0 Å². The van der Waals surface area contributed by atoms with E-state index in [0.29, 0.717) is 0 Å². The normalized spacial score (nSPS) is 10.9. The second-order valence-electron chi connectivity index (χ2n) is 4.92. The summed E-state index contributed by atoms with van der Waals surface area (Å²) in [7, 11) is 1.77. The zero-order valence-corrected chi connectivity index (χ0v) is 12.1. The number of hydrogen-bond donors (Lipinski definition) is 1. The Balaban J connectivity index is 2.85. The molecule has 0 heterocycles. The van der Waals surface area contributed by atoms with Crippen LogP contribution in [0.5, 0.6) is 0 Å². The molecule has 0 unspecified atom stereocenters. The first-order valence-corrected chi connectivity index (χ1v) is 7.61. The molecule has 1 N–H and O–H groups in total. The minimum absolute atomic E-state index is 0.902. The highest BCUT2D eigenvalue weighted by molar-refractivity contribution is 4.51. The SMILES string of the molecule is CCCCCCCCCCNCCCCOC. The van der Waals surface area contributed by atoms with Crippen LogP contribution in [0.1, 0.15) is 71.1 Å². The fraction of sp³-hybridized carbons (Fsp3) is 1.00. The summed E-state index contributed by atoms with van der Waals surface area (Å²) in [6.45, 7) is 5.53. The molecule has 0 aromatic carbocycles. The lowest BCUT2D eigenvalue weighted by Gasteiger charge is -2.04. The summed E-state index contributed by atoms with van der Waals surface area (Å²) in [6, 6.07) is 0. The van der Waals surface area contributed by atoms with Crippen molar-refractivity contribution < 1.29 is 4.74 Å². The Morgan fingerprint density at radius 1 is 0.706 bits per heavy atom. The largest absolute Gasteiger partial charge is 0.385 e. The van der Waals surface area contributed by atoms with Gasteiger partial charge in [-0.15, -0.1) is 0 Å². The summed E-state index contributed by atoms with van der Waals surface area (Å²) in [5.74, 6) is 0. The van der Waals surface area contributed by atoms with Gasteiger partial charge in [0.25, 0.3) is 0 Å². The Bertz CT molecular complexity index is 114. The predicted molar refractivity (Wildman–Crippen MR) is 76.6 cm³/mol. The van der Waals surface area contributed by atoms with Crippen molar-refractivity contribution in [1.82, 2.24) is 5.32 Å². The van der Waals surface area contributed by atoms with Crippen LogP contribution in [0.3, 0.4) is 0 Å². The third kappa shape index (κ3) is 15.9. The van der Waals surface area contributed by atoms with E-state index < -0.39 is 0 Å². The van der Waals surface area contributed by atoms with E-state index in [4.69, 9.17) is 4.74 Å². The van der Waals surface area contributed by atoms with Crippen LogP contribution in [0, 0.1) is 0 Å². The molecule has 0 bridgehead atoms. The molecule has 104 valence electrons. The van der Waals surface area contributed by atoms with E-state index in [1.807, 2.05) is 0 Å². The second kappa shape index (κ2) is 15.9. The maximum Gasteiger partial charge on any atom is 0.0462 e. The van der Waals surface area contributed by atoms with Crippen molar-refractivity contribution in [1.29, 1.82) is 0 Å².